The monoisotopic (exact) mass is 423 g/mol. The third-order valence-electron chi connectivity index (χ3n) is 3.94. The van der Waals surface area contributed by atoms with Crippen LogP contribution in [0, 0.1) is 0 Å². The van der Waals surface area contributed by atoms with Crippen LogP contribution in [0.15, 0.2) is 62.6 Å². The largest absolute Gasteiger partial charge is 0.497 e. The molecule has 2 aromatic carbocycles. The molecule has 0 fully saturated rings. The number of amides is 1. The number of hydrogen-bond acceptors (Lipinski definition) is 9. The number of carbonyl (C=O) groups is 1. The summed E-state index contributed by atoms with van der Waals surface area (Å²) in [5.74, 6) is 2.14. The number of nitrogens with zero attached hydrogens (tertiary/aromatic N) is 4. The van der Waals surface area contributed by atoms with E-state index in [9.17, 15) is 4.79 Å². The Kier molecular flexibility index (Phi) is 5.75. The van der Waals surface area contributed by atoms with E-state index in [2.05, 4.69) is 25.7 Å². The zero-order chi connectivity index (χ0) is 20.9. The molecule has 2 heterocycles. The van der Waals surface area contributed by atoms with Crippen molar-refractivity contribution in [3.63, 3.8) is 0 Å². The zero-order valence-corrected chi connectivity index (χ0v) is 17.0. The fourth-order valence-corrected chi connectivity index (χ4v) is 3.23. The van der Waals surface area contributed by atoms with Gasteiger partial charge in [-0.2, -0.15) is 0 Å². The van der Waals surface area contributed by atoms with Crippen LogP contribution in [0.25, 0.3) is 22.9 Å². The van der Waals surface area contributed by atoms with Gasteiger partial charge in [-0.3, -0.25) is 4.79 Å². The molecule has 0 aliphatic rings. The summed E-state index contributed by atoms with van der Waals surface area (Å²) < 4.78 is 16.6. The lowest BCUT2D eigenvalue weighted by Crippen LogP contribution is -2.05. The molecule has 4 rings (SSSR count). The van der Waals surface area contributed by atoms with Gasteiger partial charge in [-0.05, 0) is 36.4 Å². The second kappa shape index (κ2) is 8.78. The predicted molar refractivity (Wildman–Crippen MR) is 110 cm³/mol. The van der Waals surface area contributed by atoms with Gasteiger partial charge in [-0.25, -0.2) is 0 Å². The number of nitrogens with one attached hydrogen (secondary N) is 1. The van der Waals surface area contributed by atoms with Crippen molar-refractivity contribution in [3.8, 4) is 28.7 Å². The van der Waals surface area contributed by atoms with E-state index in [0.29, 0.717) is 45.6 Å². The summed E-state index contributed by atoms with van der Waals surface area (Å²) >= 11 is 1.29. The van der Waals surface area contributed by atoms with Crippen LogP contribution in [0.4, 0.5) is 5.69 Å². The number of thioether (sulfide) groups is 1. The van der Waals surface area contributed by atoms with Gasteiger partial charge in [0.15, 0.2) is 0 Å². The minimum absolute atomic E-state index is 0.151. The normalized spacial score (nSPS) is 10.7. The average molecular weight is 423 g/mol. The quantitative estimate of drug-likeness (QED) is 0.439. The molecule has 0 spiro atoms. The van der Waals surface area contributed by atoms with Crippen LogP contribution in [0.1, 0.15) is 12.8 Å². The summed E-state index contributed by atoms with van der Waals surface area (Å²) in [6, 6.07) is 14.6. The molecule has 0 aliphatic carbocycles. The summed E-state index contributed by atoms with van der Waals surface area (Å²) in [6.07, 6.45) is 0. The van der Waals surface area contributed by atoms with Crippen LogP contribution in [0.5, 0.6) is 5.75 Å². The Morgan fingerprint density at radius 3 is 2.53 bits per heavy atom. The van der Waals surface area contributed by atoms with E-state index < -0.39 is 0 Å². The third kappa shape index (κ3) is 4.66. The Morgan fingerprint density at radius 2 is 1.73 bits per heavy atom. The second-order valence-electron chi connectivity index (χ2n) is 6.16. The number of anilines is 1. The Morgan fingerprint density at radius 1 is 1.00 bits per heavy atom. The van der Waals surface area contributed by atoms with Crippen molar-refractivity contribution >= 4 is 23.4 Å². The van der Waals surface area contributed by atoms with Crippen molar-refractivity contribution in [1.82, 2.24) is 20.4 Å². The number of ether oxygens (including phenoxy) is 1. The highest BCUT2D eigenvalue weighted by molar-refractivity contribution is 7.98. The molecule has 4 aromatic rings. The molecule has 0 bridgehead atoms. The fourth-order valence-electron chi connectivity index (χ4n) is 2.63. The van der Waals surface area contributed by atoms with E-state index in [1.54, 1.807) is 25.3 Å². The van der Waals surface area contributed by atoms with Gasteiger partial charge >= 0.3 is 0 Å². The summed E-state index contributed by atoms with van der Waals surface area (Å²) in [7, 11) is 1.60. The second-order valence-corrected chi connectivity index (χ2v) is 7.08. The van der Waals surface area contributed by atoms with E-state index in [4.69, 9.17) is 13.6 Å². The molecule has 0 atom stereocenters. The van der Waals surface area contributed by atoms with Crippen molar-refractivity contribution in [2.45, 2.75) is 17.9 Å². The maximum Gasteiger partial charge on any atom is 0.277 e. The fraction of sp³-hybridized carbons (Fsp3) is 0.150. The first kappa shape index (κ1) is 19.6. The molecule has 0 aliphatic heterocycles. The van der Waals surface area contributed by atoms with Crippen LogP contribution >= 0.6 is 11.8 Å². The Bertz CT molecular complexity index is 1170. The molecule has 0 radical (unpaired) electrons. The van der Waals surface area contributed by atoms with Crippen LogP contribution in [0.3, 0.4) is 0 Å². The molecule has 2 aromatic heterocycles. The number of hydrogen-bond donors (Lipinski definition) is 1. The summed E-state index contributed by atoms with van der Waals surface area (Å²) in [4.78, 5) is 11.2. The van der Waals surface area contributed by atoms with Gasteiger partial charge in [0.05, 0.1) is 12.9 Å². The molecule has 0 saturated carbocycles. The minimum atomic E-state index is -0.151. The molecule has 1 amide bonds. The lowest BCUT2D eigenvalue weighted by Gasteiger charge is -2.02. The van der Waals surface area contributed by atoms with Gasteiger partial charge in [0.2, 0.25) is 23.6 Å². The lowest BCUT2D eigenvalue weighted by molar-refractivity contribution is -0.114. The van der Waals surface area contributed by atoms with Crippen molar-refractivity contribution < 1.29 is 18.4 Å². The number of benzene rings is 2. The first-order valence-corrected chi connectivity index (χ1v) is 9.90. The standard InChI is InChI=1S/C20H17N5O4S/c1-12(26)21-15-7-3-5-13(9-15)19-24-25-20(29-19)30-11-17-22-23-18(28-17)14-6-4-8-16(10-14)27-2/h3-10H,11H2,1-2H3,(H,21,26). The first-order chi connectivity index (χ1) is 14.6. The molecule has 9 nitrogen and oxygen atoms in total. The van der Waals surface area contributed by atoms with Gasteiger partial charge in [0.25, 0.3) is 5.22 Å². The van der Waals surface area contributed by atoms with E-state index in [-0.39, 0.29) is 5.91 Å². The Balaban J connectivity index is 1.42. The highest BCUT2D eigenvalue weighted by Gasteiger charge is 2.14. The molecule has 1 N–H and O–H groups in total. The summed E-state index contributed by atoms with van der Waals surface area (Å²) in [5.41, 5.74) is 2.14. The number of rotatable bonds is 7. The predicted octanol–water partition coefficient (Wildman–Crippen LogP) is 4.05. The van der Waals surface area contributed by atoms with Crippen molar-refractivity contribution in [1.29, 1.82) is 0 Å². The van der Waals surface area contributed by atoms with Gasteiger partial charge in [0, 0.05) is 23.7 Å². The Hall–Kier alpha value is -3.66. The van der Waals surface area contributed by atoms with Gasteiger partial charge in [-0.15, -0.1) is 20.4 Å². The maximum atomic E-state index is 11.2. The number of methoxy groups -OCH3 is 1. The summed E-state index contributed by atoms with van der Waals surface area (Å²) in [6.45, 7) is 1.45. The SMILES string of the molecule is COc1cccc(-c2nnc(CSc3nnc(-c4cccc(NC(C)=O)c4)o3)o2)c1. The summed E-state index contributed by atoms with van der Waals surface area (Å²) in [5, 5.41) is 19.3. The van der Waals surface area contributed by atoms with Crippen LogP contribution in [0.2, 0.25) is 0 Å². The minimum Gasteiger partial charge on any atom is -0.497 e. The first-order valence-electron chi connectivity index (χ1n) is 8.92. The maximum absolute atomic E-state index is 11.2. The topological polar surface area (TPSA) is 116 Å². The highest BCUT2D eigenvalue weighted by atomic mass is 32.2. The molecule has 0 unspecified atom stereocenters. The molecule has 30 heavy (non-hydrogen) atoms. The van der Waals surface area contributed by atoms with Gasteiger partial charge in [0.1, 0.15) is 5.75 Å². The van der Waals surface area contributed by atoms with E-state index in [0.717, 1.165) is 5.56 Å². The lowest BCUT2D eigenvalue weighted by atomic mass is 10.2. The van der Waals surface area contributed by atoms with Gasteiger partial charge < -0.3 is 18.9 Å². The zero-order valence-electron chi connectivity index (χ0n) is 16.2. The van der Waals surface area contributed by atoms with E-state index in [1.165, 1.54) is 18.7 Å². The van der Waals surface area contributed by atoms with Crippen molar-refractivity contribution in [3.05, 3.63) is 54.4 Å². The Labute approximate surface area is 175 Å². The molecular weight excluding hydrogens is 406 g/mol. The number of carbonyl (C=O) groups excluding carboxylic acids is 1. The van der Waals surface area contributed by atoms with Crippen LogP contribution in [-0.2, 0) is 10.5 Å². The van der Waals surface area contributed by atoms with Crippen molar-refractivity contribution in [2.75, 3.05) is 12.4 Å². The molecule has 0 saturated heterocycles. The van der Waals surface area contributed by atoms with Crippen LogP contribution in [-0.4, -0.2) is 33.4 Å². The van der Waals surface area contributed by atoms with E-state index in [1.807, 2.05) is 30.3 Å². The highest BCUT2D eigenvalue weighted by Crippen LogP contribution is 2.28. The van der Waals surface area contributed by atoms with Gasteiger partial charge in [-0.1, -0.05) is 23.9 Å². The molecular formula is C20H17N5O4S. The van der Waals surface area contributed by atoms with Crippen molar-refractivity contribution in [2.24, 2.45) is 0 Å². The van der Waals surface area contributed by atoms with E-state index >= 15 is 0 Å². The molecule has 152 valence electrons. The number of aromatic nitrogens is 4. The average Bonchev–Trinajstić information content (AvgIpc) is 3.42. The molecule has 10 heteroatoms. The van der Waals surface area contributed by atoms with Crippen LogP contribution < -0.4 is 10.1 Å². The third-order valence-corrected chi connectivity index (χ3v) is 4.74. The smallest absolute Gasteiger partial charge is 0.277 e.